The van der Waals surface area contributed by atoms with Crippen LogP contribution in [0.1, 0.15) is 5.56 Å². The number of carboxylic acid groups (broad SMARTS) is 1. The van der Waals surface area contributed by atoms with Gasteiger partial charge in [-0.05, 0) is 23.8 Å². The molecular formula is C10H7NO4. The molecule has 1 aromatic rings. The van der Waals surface area contributed by atoms with Crippen molar-refractivity contribution >= 4 is 12.0 Å². The Bertz CT molecular complexity index is 451. The molecule has 5 nitrogen and oxygen atoms in total. The molecule has 1 rings (SSSR count). The molecule has 0 radical (unpaired) electrons. The molecule has 0 fully saturated rings. The normalized spacial score (nSPS) is 10.7. The maximum Gasteiger partial charge on any atom is 0.346 e. The number of hydrogen-bond donors (Lipinski definition) is 3. The number of phenols is 2. The highest BCUT2D eigenvalue weighted by molar-refractivity contribution is 5.96. The lowest BCUT2D eigenvalue weighted by Gasteiger charge is -1.98. The smallest absolute Gasteiger partial charge is 0.346 e. The number of hydrogen-bond acceptors (Lipinski definition) is 4. The first-order valence-corrected chi connectivity index (χ1v) is 3.91. The van der Waals surface area contributed by atoms with E-state index in [4.69, 9.17) is 20.6 Å². The van der Waals surface area contributed by atoms with Gasteiger partial charge < -0.3 is 15.3 Å². The van der Waals surface area contributed by atoms with Crippen LogP contribution < -0.4 is 0 Å². The van der Waals surface area contributed by atoms with Gasteiger partial charge in [-0.25, -0.2) is 4.79 Å². The Morgan fingerprint density at radius 3 is 2.20 bits per heavy atom. The van der Waals surface area contributed by atoms with Crippen LogP contribution in [0.25, 0.3) is 6.08 Å². The average Bonchev–Trinajstić information content (AvgIpc) is 2.12. The van der Waals surface area contributed by atoms with Crippen LogP contribution in [-0.2, 0) is 4.79 Å². The van der Waals surface area contributed by atoms with E-state index in [1.165, 1.54) is 18.2 Å². The lowest BCUT2D eigenvalue weighted by molar-refractivity contribution is -0.132. The number of benzene rings is 1. The number of rotatable bonds is 2. The monoisotopic (exact) mass is 205 g/mol. The van der Waals surface area contributed by atoms with Gasteiger partial charge in [-0.1, -0.05) is 0 Å². The third-order valence-electron chi connectivity index (χ3n) is 1.59. The molecule has 0 aliphatic carbocycles. The largest absolute Gasteiger partial charge is 0.508 e. The fraction of sp³-hybridized carbons (Fsp3) is 0. The Balaban J connectivity index is 3.18. The van der Waals surface area contributed by atoms with E-state index < -0.39 is 11.5 Å². The minimum atomic E-state index is -1.36. The first-order valence-electron chi connectivity index (χ1n) is 3.91. The molecule has 0 aliphatic rings. The SMILES string of the molecule is N#CC(=Cc1cc(O)cc(O)c1)C(=O)O. The summed E-state index contributed by atoms with van der Waals surface area (Å²) in [6.45, 7) is 0. The van der Waals surface area contributed by atoms with E-state index in [1.54, 1.807) is 0 Å². The van der Waals surface area contributed by atoms with E-state index in [-0.39, 0.29) is 17.1 Å². The van der Waals surface area contributed by atoms with Crippen molar-refractivity contribution < 1.29 is 20.1 Å². The number of nitriles is 1. The molecule has 0 aliphatic heterocycles. The third-order valence-corrected chi connectivity index (χ3v) is 1.59. The van der Waals surface area contributed by atoms with Crippen LogP contribution in [-0.4, -0.2) is 21.3 Å². The zero-order valence-electron chi connectivity index (χ0n) is 7.51. The quantitative estimate of drug-likeness (QED) is 0.495. The number of carbonyl (C=O) groups is 1. The summed E-state index contributed by atoms with van der Waals surface area (Å²) >= 11 is 0. The maximum absolute atomic E-state index is 10.5. The van der Waals surface area contributed by atoms with Crippen molar-refractivity contribution in [3.63, 3.8) is 0 Å². The second-order valence-corrected chi connectivity index (χ2v) is 2.76. The van der Waals surface area contributed by atoms with E-state index in [1.807, 2.05) is 0 Å². The Morgan fingerprint density at radius 2 is 1.80 bits per heavy atom. The highest BCUT2D eigenvalue weighted by atomic mass is 16.4. The van der Waals surface area contributed by atoms with Crippen molar-refractivity contribution in [2.24, 2.45) is 0 Å². The first-order chi connectivity index (χ1) is 7.02. The van der Waals surface area contributed by atoms with E-state index >= 15 is 0 Å². The summed E-state index contributed by atoms with van der Waals surface area (Å²) in [5.41, 5.74) is -0.230. The molecule has 0 atom stereocenters. The number of aromatic hydroxyl groups is 2. The predicted molar refractivity (Wildman–Crippen MR) is 51.0 cm³/mol. The summed E-state index contributed by atoms with van der Waals surface area (Å²) in [4.78, 5) is 10.5. The lowest BCUT2D eigenvalue weighted by Crippen LogP contribution is -1.97. The van der Waals surface area contributed by atoms with Gasteiger partial charge in [0.2, 0.25) is 0 Å². The molecular weight excluding hydrogens is 198 g/mol. The van der Waals surface area contributed by atoms with Crippen LogP contribution in [0.5, 0.6) is 11.5 Å². The van der Waals surface area contributed by atoms with E-state index in [0.29, 0.717) is 0 Å². The van der Waals surface area contributed by atoms with Crippen LogP contribution in [0.15, 0.2) is 23.8 Å². The zero-order valence-corrected chi connectivity index (χ0v) is 7.51. The van der Waals surface area contributed by atoms with Gasteiger partial charge in [0.05, 0.1) is 0 Å². The molecule has 0 saturated carbocycles. The number of carboxylic acids is 1. The summed E-state index contributed by atoms with van der Waals surface area (Å²) in [5, 5.41) is 35.2. The Kier molecular flexibility index (Phi) is 2.94. The number of phenolic OH excluding ortho intramolecular Hbond substituents is 2. The predicted octanol–water partition coefficient (Wildman–Crippen LogP) is 1.09. The average molecular weight is 205 g/mol. The minimum Gasteiger partial charge on any atom is -0.508 e. The van der Waals surface area contributed by atoms with Crippen molar-refractivity contribution in [3.05, 3.63) is 29.3 Å². The van der Waals surface area contributed by atoms with Gasteiger partial charge in [0.1, 0.15) is 23.1 Å². The van der Waals surface area contributed by atoms with Gasteiger partial charge in [0.15, 0.2) is 0 Å². The van der Waals surface area contributed by atoms with Gasteiger partial charge in [0, 0.05) is 6.07 Å². The molecule has 15 heavy (non-hydrogen) atoms. The number of aliphatic carboxylic acids is 1. The molecule has 0 bridgehead atoms. The molecule has 0 amide bonds. The summed E-state index contributed by atoms with van der Waals surface area (Å²) in [7, 11) is 0. The molecule has 0 aromatic heterocycles. The van der Waals surface area contributed by atoms with Gasteiger partial charge in [0.25, 0.3) is 0 Å². The Morgan fingerprint density at radius 1 is 1.27 bits per heavy atom. The zero-order chi connectivity index (χ0) is 11.4. The Hall–Kier alpha value is -2.48. The van der Waals surface area contributed by atoms with Crippen LogP contribution in [0.3, 0.4) is 0 Å². The molecule has 76 valence electrons. The molecule has 0 spiro atoms. The third kappa shape index (κ3) is 2.74. The van der Waals surface area contributed by atoms with Crippen molar-refractivity contribution in [1.82, 2.24) is 0 Å². The minimum absolute atomic E-state index is 0.205. The summed E-state index contributed by atoms with van der Waals surface area (Å²) < 4.78 is 0. The summed E-state index contributed by atoms with van der Waals surface area (Å²) in [6, 6.07) is 5.06. The molecule has 3 N–H and O–H groups in total. The van der Waals surface area contributed by atoms with Crippen LogP contribution in [0.4, 0.5) is 0 Å². The second kappa shape index (κ2) is 4.15. The second-order valence-electron chi connectivity index (χ2n) is 2.76. The summed E-state index contributed by atoms with van der Waals surface area (Å²) in [6.07, 6.45) is 1.06. The highest BCUT2D eigenvalue weighted by Gasteiger charge is 2.06. The standard InChI is InChI=1S/C10H7NO4/c11-5-7(10(14)15)1-6-2-8(12)4-9(13)3-6/h1-4,12-13H,(H,14,15). The number of nitrogens with zero attached hydrogens (tertiary/aromatic N) is 1. The Labute approximate surface area is 85.1 Å². The van der Waals surface area contributed by atoms with Crippen molar-refractivity contribution in [3.8, 4) is 17.6 Å². The molecule has 0 saturated heterocycles. The van der Waals surface area contributed by atoms with Gasteiger partial charge in [-0.3, -0.25) is 0 Å². The fourth-order valence-electron chi connectivity index (χ4n) is 1.01. The molecule has 0 unspecified atom stereocenters. The van der Waals surface area contributed by atoms with Crippen LogP contribution in [0, 0.1) is 11.3 Å². The van der Waals surface area contributed by atoms with Gasteiger partial charge in [-0.2, -0.15) is 5.26 Å². The molecule has 0 heterocycles. The summed E-state index contributed by atoms with van der Waals surface area (Å²) in [5.74, 6) is -1.77. The first kappa shape index (κ1) is 10.6. The fourth-order valence-corrected chi connectivity index (χ4v) is 1.01. The molecule has 5 heteroatoms. The van der Waals surface area contributed by atoms with Crippen molar-refractivity contribution in [2.75, 3.05) is 0 Å². The van der Waals surface area contributed by atoms with Crippen LogP contribution in [0.2, 0.25) is 0 Å². The van der Waals surface area contributed by atoms with Gasteiger partial charge in [-0.15, -0.1) is 0 Å². The highest BCUT2D eigenvalue weighted by Crippen LogP contribution is 2.22. The van der Waals surface area contributed by atoms with E-state index in [9.17, 15) is 4.79 Å². The maximum atomic E-state index is 10.5. The van der Waals surface area contributed by atoms with E-state index in [2.05, 4.69) is 0 Å². The van der Waals surface area contributed by atoms with Crippen molar-refractivity contribution in [1.29, 1.82) is 5.26 Å². The lowest BCUT2D eigenvalue weighted by atomic mass is 10.1. The van der Waals surface area contributed by atoms with E-state index in [0.717, 1.165) is 12.1 Å². The van der Waals surface area contributed by atoms with Gasteiger partial charge >= 0.3 is 5.97 Å². The molecule has 1 aromatic carbocycles. The van der Waals surface area contributed by atoms with Crippen LogP contribution >= 0.6 is 0 Å². The topological polar surface area (TPSA) is 102 Å². The van der Waals surface area contributed by atoms with Crippen molar-refractivity contribution in [2.45, 2.75) is 0 Å².